The van der Waals surface area contributed by atoms with Gasteiger partial charge in [-0.3, -0.25) is 0 Å². The zero-order chi connectivity index (χ0) is 20.0. The molecular formula is C22H40O3S2. The fourth-order valence-corrected chi connectivity index (χ4v) is 9.38. The first-order chi connectivity index (χ1) is 13.0. The Morgan fingerprint density at radius 2 is 1.30 bits per heavy atom. The molecule has 0 aliphatic rings. The Morgan fingerprint density at radius 1 is 0.704 bits per heavy atom. The maximum atomic E-state index is 12.6. The lowest BCUT2D eigenvalue weighted by Gasteiger charge is -2.39. The Morgan fingerprint density at radius 3 is 1.93 bits per heavy atom. The van der Waals surface area contributed by atoms with Gasteiger partial charge in [-0.25, -0.2) is 3.63 Å². The van der Waals surface area contributed by atoms with Crippen molar-refractivity contribution < 1.29 is 12.0 Å². The molecule has 0 bridgehead atoms. The van der Waals surface area contributed by atoms with Gasteiger partial charge in [0.25, 0.3) is 10.1 Å². The summed E-state index contributed by atoms with van der Waals surface area (Å²) in [6.45, 7) is 6.29. The SMILES string of the molecule is CCCCCCCCS(CCCC)(Cc1ccccc1)OS(=O)(=O)CCC. The molecular weight excluding hydrogens is 376 g/mol. The second-order valence-electron chi connectivity index (χ2n) is 7.46. The molecule has 1 atom stereocenters. The van der Waals surface area contributed by atoms with Crippen LogP contribution in [-0.2, 0) is 19.5 Å². The maximum Gasteiger partial charge on any atom is 0.276 e. The summed E-state index contributed by atoms with van der Waals surface area (Å²) in [5.74, 6) is 2.66. The van der Waals surface area contributed by atoms with Gasteiger partial charge < -0.3 is 0 Å². The highest BCUT2D eigenvalue weighted by Gasteiger charge is 2.30. The summed E-state index contributed by atoms with van der Waals surface area (Å²) >= 11 is 0. The largest absolute Gasteiger partial charge is 0.276 e. The lowest BCUT2D eigenvalue weighted by atomic mass is 10.1. The topological polar surface area (TPSA) is 43.4 Å². The summed E-state index contributed by atoms with van der Waals surface area (Å²) in [7, 11) is -5.13. The Balaban J connectivity index is 2.92. The van der Waals surface area contributed by atoms with Crippen LogP contribution in [0.3, 0.4) is 0 Å². The maximum absolute atomic E-state index is 12.6. The van der Waals surface area contributed by atoms with Crippen molar-refractivity contribution in [2.45, 2.75) is 84.3 Å². The van der Waals surface area contributed by atoms with E-state index in [2.05, 4.69) is 26.0 Å². The van der Waals surface area contributed by atoms with Gasteiger partial charge in [-0.05, 0) is 24.8 Å². The van der Waals surface area contributed by atoms with Crippen molar-refractivity contribution in [1.82, 2.24) is 0 Å². The Hall–Kier alpha value is -0.520. The van der Waals surface area contributed by atoms with E-state index in [0.29, 0.717) is 6.42 Å². The third kappa shape index (κ3) is 10.6. The van der Waals surface area contributed by atoms with Crippen molar-refractivity contribution in [3.05, 3.63) is 35.9 Å². The summed E-state index contributed by atoms with van der Waals surface area (Å²) in [4.78, 5) is 0. The molecule has 0 aromatic heterocycles. The first kappa shape index (κ1) is 24.5. The van der Waals surface area contributed by atoms with Crippen molar-refractivity contribution in [2.24, 2.45) is 0 Å². The van der Waals surface area contributed by atoms with E-state index in [1.54, 1.807) is 0 Å². The number of hydrogen-bond donors (Lipinski definition) is 0. The van der Waals surface area contributed by atoms with Crippen LogP contribution in [0, 0.1) is 0 Å². The quantitative estimate of drug-likeness (QED) is 0.278. The smallest absolute Gasteiger partial charge is 0.220 e. The third-order valence-electron chi connectivity index (χ3n) is 4.71. The van der Waals surface area contributed by atoms with Gasteiger partial charge in [0.2, 0.25) is 0 Å². The van der Waals surface area contributed by atoms with Gasteiger partial charge in [0, 0.05) is 17.3 Å². The van der Waals surface area contributed by atoms with Crippen LogP contribution in [0.5, 0.6) is 0 Å². The zero-order valence-electron chi connectivity index (χ0n) is 17.6. The van der Waals surface area contributed by atoms with Crippen LogP contribution in [0.15, 0.2) is 30.3 Å². The van der Waals surface area contributed by atoms with E-state index in [4.69, 9.17) is 3.63 Å². The first-order valence-electron chi connectivity index (χ1n) is 10.7. The van der Waals surface area contributed by atoms with Gasteiger partial charge in [0.1, 0.15) is 0 Å². The van der Waals surface area contributed by atoms with E-state index in [0.717, 1.165) is 36.5 Å². The summed E-state index contributed by atoms with van der Waals surface area (Å²) in [6.07, 6.45) is 10.00. The average molecular weight is 417 g/mol. The van der Waals surface area contributed by atoms with Crippen LogP contribution >= 0.6 is 10.3 Å². The molecule has 5 heteroatoms. The lowest BCUT2D eigenvalue weighted by molar-refractivity contribution is 0.505. The highest BCUT2D eigenvalue weighted by atomic mass is 32.3. The summed E-state index contributed by atoms with van der Waals surface area (Å²) in [5.41, 5.74) is 1.20. The fraction of sp³-hybridized carbons (Fsp3) is 0.727. The highest BCUT2D eigenvalue weighted by molar-refractivity contribution is 8.32. The first-order valence-corrected chi connectivity index (χ1v) is 14.3. The van der Waals surface area contributed by atoms with E-state index in [1.807, 2.05) is 25.1 Å². The average Bonchev–Trinajstić information content (AvgIpc) is 2.63. The van der Waals surface area contributed by atoms with Gasteiger partial charge >= 0.3 is 0 Å². The van der Waals surface area contributed by atoms with Crippen molar-refractivity contribution in [3.63, 3.8) is 0 Å². The molecule has 0 heterocycles. The molecule has 0 radical (unpaired) electrons. The molecule has 0 aliphatic carbocycles. The van der Waals surface area contributed by atoms with Crippen molar-refractivity contribution in [2.75, 3.05) is 17.3 Å². The monoisotopic (exact) mass is 416 g/mol. The van der Waals surface area contributed by atoms with E-state index < -0.39 is 20.4 Å². The van der Waals surface area contributed by atoms with Gasteiger partial charge in [-0.15, -0.1) is 10.3 Å². The van der Waals surface area contributed by atoms with Crippen LogP contribution in [0.2, 0.25) is 0 Å². The molecule has 27 heavy (non-hydrogen) atoms. The van der Waals surface area contributed by atoms with Gasteiger partial charge in [0.15, 0.2) is 0 Å². The second kappa shape index (κ2) is 13.6. The normalized spacial score (nSPS) is 15.4. The molecule has 0 amide bonds. The number of rotatable bonds is 16. The van der Waals surface area contributed by atoms with Crippen LogP contribution < -0.4 is 0 Å². The highest BCUT2D eigenvalue weighted by Crippen LogP contribution is 2.55. The molecule has 0 saturated heterocycles. The summed E-state index contributed by atoms with van der Waals surface area (Å²) < 4.78 is 31.2. The van der Waals surface area contributed by atoms with E-state index in [9.17, 15) is 8.42 Å². The molecule has 158 valence electrons. The summed E-state index contributed by atoms with van der Waals surface area (Å²) in [6, 6.07) is 10.3. The molecule has 0 N–H and O–H groups in total. The van der Waals surface area contributed by atoms with Crippen molar-refractivity contribution in [1.29, 1.82) is 0 Å². The van der Waals surface area contributed by atoms with Crippen LogP contribution in [0.1, 0.15) is 84.1 Å². The molecule has 0 saturated carbocycles. The number of unbranched alkanes of at least 4 members (excludes halogenated alkanes) is 6. The van der Waals surface area contributed by atoms with Crippen LogP contribution in [-0.4, -0.2) is 25.7 Å². The van der Waals surface area contributed by atoms with E-state index in [1.165, 1.54) is 37.7 Å². The van der Waals surface area contributed by atoms with E-state index >= 15 is 0 Å². The molecule has 1 unspecified atom stereocenters. The number of benzene rings is 1. The Bertz CT molecular complexity index is 587. The van der Waals surface area contributed by atoms with Crippen LogP contribution in [0.4, 0.5) is 0 Å². The fourth-order valence-electron chi connectivity index (χ4n) is 3.27. The standard InChI is InChI=1S/C22H40O3S2/c1-4-7-9-10-11-15-20-26(19-8-5-2,25-27(23,24)18-6-3)21-22-16-13-12-14-17-22/h12-14,16-17H,4-11,15,18-21H2,1-3H3. The molecule has 1 rings (SSSR count). The molecule has 1 aromatic rings. The van der Waals surface area contributed by atoms with E-state index in [-0.39, 0.29) is 5.75 Å². The number of hydrogen-bond acceptors (Lipinski definition) is 3. The molecule has 1 aromatic carbocycles. The minimum atomic E-state index is -3.45. The zero-order valence-corrected chi connectivity index (χ0v) is 19.3. The molecule has 3 nitrogen and oxygen atoms in total. The van der Waals surface area contributed by atoms with Crippen LogP contribution in [0.25, 0.3) is 0 Å². The van der Waals surface area contributed by atoms with Gasteiger partial charge in [-0.2, -0.15) is 8.42 Å². The second-order valence-corrected chi connectivity index (χ2v) is 12.6. The predicted octanol–water partition coefficient (Wildman–Crippen LogP) is 6.82. The Kier molecular flexibility index (Phi) is 12.4. The molecule has 0 spiro atoms. The van der Waals surface area contributed by atoms with Crippen molar-refractivity contribution >= 4 is 20.4 Å². The summed E-state index contributed by atoms with van der Waals surface area (Å²) in [5, 5.41) is 0. The van der Waals surface area contributed by atoms with Gasteiger partial charge in [0.05, 0.1) is 5.75 Å². The predicted molar refractivity (Wildman–Crippen MR) is 121 cm³/mol. The molecule has 0 aliphatic heterocycles. The minimum Gasteiger partial charge on any atom is -0.220 e. The van der Waals surface area contributed by atoms with Gasteiger partial charge in [-0.1, -0.05) is 89.6 Å². The van der Waals surface area contributed by atoms with Crippen molar-refractivity contribution in [3.8, 4) is 0 Å². The third-order valence-corrected chi connectivity index (χ3v) is 10.5. The minimum absolute atomic E-state index is 0.124. The molecule has 0 fully saturated rings. The lowest BCUT2D eigenvalue weighted by Crippen LogP contribution is -2.21. The Labute approximate surface area is 169 Å².